The molecular weight excluding hydrogens is 404 g/mol. The summed E-state index contributed by atoms with van der Waals surface area (Å²) in [4.78, 5) is 28.1. The van der Waals surface area contributed by atoms with Crippen molar-refractivity contribution in [2.45, 2.75) is 44.3 Å². The normalized spacial score (nSPS) is 27.9. The van der Waals surface area contributed by atoms with Crippen molar-refractivity contribution in [3.05, 3.63) is 70.2 Å². The highest BCUT2D eigenvalue weighted by Crippen LogP contribution is 2.41. The molecule has 0 spiro atoms. The Morgan fingerprint density at radius 1 is 1.04 bits per heavy atom. The van der Waals surface area contributed by atoms with E-state index < -0.39 is 6.04 Å². The van der Waals surface area contributed by atoms with Crippen LogP contribution in [-0.2, 0) is 16.0 Å². The molecule has 0 bridgehead atoms. The number of rotatable bonds is 3. The molecule has 2 amide bonds. The third-order valence-corrected chi connectivity index (χ3v) is 6.26. The molecule has 2 aromatic carbocycles. The van der Waals surface area contributed by atoms with Crippen LogP contribution in [0.4, 0.5) is 0 Å². The minimum Gasteiger partial charge on any atom is -0.342 e. The molecule has 0 radical (unpaired) electrons. The number of fused-ring (bicyclic) bond motifs is 1. The summed E-state index contributed by atoms with van der Waals surface area (Å²) in [6, 6.07) is 17.1. The maximum Gasteiger partial charge on any atom is 0.246 e. The Morgan fingerprint density at radius 3 is 2.44 bits per heavy atom. The van der Waals surface area contributed by atoms with E-state index in [1.807, 2.05) is 47.4 Å². The number of nitrogens with one attached hydrogen (secondary N) is 1. The SMILES string of the molecule is C[C@H]1CC[C@H]2C(=O)NC(Cc3ccccc3)C(=O)N2[C@@H]1c1ccc(Br)cc1. The highest BCUT2D eigenvalue weighted by Gasteiger charge is 2.48. The minimum absolute atomic E-state index is 0.0236. The Kier molecular flexibility index (Phi) is 5.04. The number of halogens is 1. The van der Waals surface area contributed by atoms with Crippen LogP contribution in [0.5, 0.6) is 0 Å². The average Bonchev–Trinajstić information content (AvgIpc) is 2.67. The van der Waals surface area contributed by atoms with Gasteiger partial charge in [-0.05, 0) is 42.0 Å². The van der Waals surface area contributed by atoms with Gasteiger partial charge in [0.15, 0.2) is 0 Å². The van der Waals surface area contributed by atoms with Gasteiger partial charge in [0.2, 0.25) is 11.8 Å². The lowest BCUT2D eigenvalue weighted by molar-refractivity contribution is -0.157. The minimum atomic E-state index is -0.501. The molecule has 0 saturated carbocycles. The zero-order chi connectivity index (χ0) is 19.0. The van der Waals surface area contributed by atoms with Crippen LogP contribution in [0.15, 0.2) is 59.1 Å². The average molecular weight is 427 g/mol. The van der Waals surface area contributed by atoms with Gasteiger partial charge < -0.3 is 10.2 Å². The lowest BCUT2D eigenvalue weighted by atomic mass is 9.80. The van der Waals surface area contributed by atoms with Crippen molar-refractivity contribution in [1.82, 2.24) is 10.2 Å². The van der Waals surface area contributed by atoms with Gasteiger partial charge in [-0.2, -0.15) is 0 Å². The van der Waals surface area contributed by atoms with Crippen molar-refractivity contribution < 1.29 is 9.59 Å². The molecule has 4 atom stereocenters. The van der Waals surface area contributed by atoms with Gasteiger partial charge in [-0.3, -0.25) is 9.59 Å². The second-order valence-corrected chi connectivity index (χ2v) is 8.48. The fraction of sp³-hybridized carbons (Fsp3) is 0.364. The maximum absolute atomic E-state index is 13.4. The molecule has 27 heavy (non-hydrogen) atoms. The largest absolute Gasteiger partial charge is 0.342 e. The molecule has 1 unspecified atom stereocenters. The van der Waals surface area contributed by atoms with E-state index in [0.29, 0.717) is 12.3 Å². The van der Waals surface area contributed by atoms with Crippen LogP contribution in [0.1, 0.15) is 36.9 Å². The number of nitrogens with zero attached hydrogens (tertiary/aromatic N) is 1. The fourth-order valence-electron chi connectivity index (χ4n) is 4.38. The molecule has 4 nitrogen and oxygen atoms in total. The van der Waals surface area contributed by atoms with Gasteiger partial charge in [0.1, 0.15) is 12.1 Å². The third kappa shape index (κ3) is 3.53. The lowest BCUT2D eigenvalue weighted by Gasteiger charge is -2.49. The van der Waals surface area contributed by atoms with E-state index in [1.54, 1.807) is 0 Å². The highest BCUT2D eigenvalue weighted by atomic mass is 79.9. The molecule has 0 aromatic heterocycles. The first kappa shape index (κ1) is 18.2. The molecule has 0 aliphatic carbocycles. The summed E-state index contributed by atoms with van der Waals surface area (Å²) in [5.41, 5.74) is 2.15. The van der Waals surface area contributed by atoms with Crippen molar-refractivity contribution in [1.29, 1.82) is 0 Å². The van der Waals surface area contributed by atoms with E-state index >= 15 is 0 Å². The summed E-state index contributed by atoms with van der Waals surface area (Å²) in [7, 11) is 0. The number of amides is 2. The number of piperidine rings is 1. The van der Waals surface area contributed by atoms with E-state index in [9.17, 15) is 9.59 Å². The quantitative estimate of drug-likeness (QED) is 0.809. The van der Waals surface area contributed by atoms with Crippen molar-refractivity contribution in [3.8, 4) is 0 Å². The number of carbonyl (C=O) groups excluding carboxylic acids is 2. The van der Waals surface area contributed by atoms with E-state index in [4.69, 9.17) is 0 Å². The third-order valence-electron chi connectivity index (χ3n) is 5.74. The molecule has 2 aliphatic heterocycles. The van der Waals surface area contributed by atoms with E-state index in [0.717, 1.165) is 28.4 Å². The van der Waals surface area contributed by atoms with Crippen molar-refractivity contribution >= 4 is 27.7 Å². The Hall–Kier alpha value is -2.14. The van der Waals surface area contributed by atoms with Crippen LogP contribution >= 0.6 is 15.9 Å². The Labute approximate surface area is 168 Å². The first-order chi connectivity index (χ1) is 13.0. The van der Waals surface area contributed by atoms with Gasteiger partial charge in [0.25, 0.3) is 0 Å². The van der Waals surface area contributed by atoms with Crippen LogP contribution in [0, 0.1) is 5.92 Å². The highest BCUT2D eigenvalue weighted by molar-refractivity contribution is 9.10. The Morgan fingerprint density at radius 2 is 1.74 bits per heavy atom. The lowest BCUT2D eigenvalue weighted by Crippen LogP contribution is -2.66. The first-order valence-electron chi connectivity index (χ1n) is 9.46. The summed E-state index contributed by atoms with van der Waals surface area (Å²) in [5, 5.41) is 2.97. The molecule has 5 heteroatoms. The zero-order valence-electron chi connectivity index (χ0n) is 15.3. The summed E-state index contributed by atoms with van der Waals surface area (Å²) in [6.45, 7) is 2.18. The Bertz CT molecular complexity index is 837. The predicted molar refractivity (Wildman–Crippen MR) is 108 cm³/mol. The molecule has 2 heterocycles. The van der Waals surface area contributed by atoms with Gasteiger partial charge >= 0.3 is 0 Å². The van der Waals surface area contributed by atoms with Gasteiger partial charge in [-0.1, -0.05) is 65.3 Å². The summed E-state index contributed by atoms with van der Waals surface area (Å²) >= 11 is 3.48. The van der Waals surface area contributed by atoms with Crippen LogP contribution in [0.25, 0.3) is 0 Å². The molecule has 140 valence electrons. The second kappa shape index (κ2) is 7.47. The number of hydrogen-bond acceptors (Lipinski definition) is 2. The first-order valence-corrected chi connectivity index (χ1v) is 10.3. The van der Waals surface area contributed by atoms with Crippen LogP contribution < -0.4 is 5.32 Å². The van der Waals surface area contributed by atoms with Gasteiger partial charge in [-0.25, -0.2) is 0 Å². The number of carbonyl (C=O) groups is 2. The van der Waals surface area contributed by atoms with E-state index in [2.05, 4.69) is 40.3 Å². The fourth-order valence-corrected chi connectivity index (χ4v) is 4.64. The smallest absolute Gasteiger partial charge is 0.246 e. The topological polar surface area (TPSA) is 49.4 Å². The van der Waals surface area contributed by atoms with Gasteiger partial charge in [-0.15, -0.1) is 0 Å². The molecule has 2 saturated heterocycles. The summed E-state index contributed by atoms with van der Waals surface area (Å²) in [5.74, 6) is 0.321. The molecular formula is C22H23BrN2O2. The molecule has 2 aromatic rings. The van der Waals surface area contributed by atoms with Crippen LogP contribution in [-0.4, -0.2) is 28.8 Å². The van der Waals surface area contributed by atoms with Crippen molar-refractivity contribution in [2.24, 2.45) is 5.92 Å². The van der Waals surface area contributed by atoms with Gasteiger partial charge in [0.05, 0.1) is 6.04 Å². The number of hydrogen-bond donors (Lipinski definition) is 1. The molecule has 2 fully saturated rings. The van der Waals surface area contributed by atoms with Crippen LogP contribution in [0.3, 0.4) is 0 Å². The molecule has 4 rings (SSSR count). The van der Waals surface area contributed by atoms with Gasteiger partial charge in [0, 0.05) is 10.9 Å². The van der Waals surface area contributed by atoms with E-state index in [1.165, 1.54) is 0 Å². The molecule has 1 N–H and O–H groups in total. The zero-order valence-corrected chi connectivity index (χ0v) is 16.9. The molecule has 2 aliphatic rings. The van der Waals surface area contributed by atoms with Crippen LogP contribution in [0.2, 0.25) is 0 Å². The summed E-state index contributed by atoms with van der Waals surface area (Å²) in [6.07, 6.45) is 2.19. The Balaban J connectivity index is 1.66. The standard InChI is InChI=1S/C22H23BrN2O2/c1-14-7-12-19-21(26)24-18(13-15-5-3-2-4-6-15)22(27)25(19)20(14)16-8-10-17(23)11-9-16/h2-6,8-11,14,18-20H,7,12-13H2,1H3,(H,24,26)/t14-,18?,19-,20-/m0/s1. The maximum atomic E-state index is 13.4. The predicted octanol–water partition coefficient (Wildman–Crippen LogP) is 3.86. The van der Waals surface area contributed by atoms with Crippen molar-refractivity contribution in [2.75, 3.05) is 0 Å². The number of benzene rings is 2. The monoisotopic (exact) mass is 426 g/mol. The number of piperazine rings is 1. The summed E-state index contributed by atoms with van der Waals surface area (Å²) < 4.78 is 1.01. The second-order valence-electron chi connectivity index (χ2n) is 7.56. The van der Waals surface area contributed by atoms with Crippen molar-refractivity contribution in [3.63, 3.8) is 0 Å². The van der Waals surface area contributed by atoms with E-state index in [-0.39, 0.29) is 23.9 Å².